The van der Waals surface area contributed by atoms with Gasteiger partial charge in [-0.15, -0.1) is 0 Å². The van der Waals surface area contributed by atoms with E-state index in [4.69, 9.17) is 9.16 Å². The molecule has 0 bridgehead atoms. The molecule has 0 atom stereocenters. The van der Waals surface area contributed by atoms with E-state index in [9.17, 15) is 0 Å². The van der Waals surface area contributed by atoms with Gasteiger partial charge in [-0.1, -0.05) is 12.7 Å². The number of allylic oxidation sites excluding steroid dienone is 1. The zero-order valence-electron chi connectivity index (χ0n) is 11.6. The number of morpholine rings is 1. The number of nitrogens with zero attached hydrogens (tertiary/aromatic N) is 1. The first-order chi connectivity index (χ1) is 7.90. The minimum atomic E-state index is -1.41. The van der Waals surface area contributed by atoms with Crippen molar-refractivity contribution in [2.45, 2.75) is 26.6 Å². The van der Waals surface area contributed by atoms with Crippen LogP contribution in [0.5, 0.6) is 0 Å². The lowest BCUT2D eigenvalue weighted by atomic mass is 10.2. The molecule has 1 aliphatic heterocycles. The summed E-state index contributed by atoms with van der Waals surface area (Å²) in [4.78, 5) is 2.28. The maximum Gasteiger partial charge on any atom is 0.184 e. The van der Waals surface area contributed by atoms with Crippen LogP contribution in [0.2, 0.25) is 19.6 Å². The van der Waals surface area contributed by atoms with Gasteiger partial charge in [0.2, 0.25) is 0 Å². The first-order valence-corrected chi connectivity index (χ1v) is 9.63. The van der Waals surface area contributed by atoms with E-state index in [2.05, 4.69) is 44.1 Å². The van der Waals surface area contributed by atoms with Crippen LogP contribution in [-0.4, -0.2) is 46.1 Å². The molecule has 0 radical (unpaired) electrons. The standard InChI is InChI=1S/C13H25NO2Si/c1-12(6-9-16-17(3,4)5)13(2)14-7-10-15-11-8-14/h6H,2,7-11H2,1,3-5H3/b12-6+. The van der Waals surface area contributed by atoms with E-state index in [0.717, 1.165) is 32.0 Å². The smallest absolute Gasteiger partial charge is 0.184 e. The lowest BCUT2D eigenvalue weighted by Gasteiger charge is -2.31. The molecule has 0 aliphatic carbocycles. The van der Waals surface area contributed by atoms with Gasteiger partial charge in [0, 0.05) is 18.8 Å². The van der Waals surface area contributed by atoms with Crippen molar-refractivity contribution in [3.05, 3.63) is 23.9 Å². The van der Waals surface area contributed by atoms with Crippen LogP contribution in [0.25, 0.3) is 0 Å². The van der Waals surface area contributed by atoms with Crippen LogP contribution in [0, 0.1) is 0 Å². The predicted octanol–water partition coefficient (Wildman–Crippen LogP) is 2.63. The molecule has 98 valence electrons. The molecule has 0 unspecified atom stereocenters. The van der Waals surface area contributed by atoms with E-state index in [1.165, 1.54) is 5.57 Å². The summed E-state index contributed by atoms with van der Waals surface area (Å²) in [5.41, 5.74) is 2.32. The van der Waals surface area contributed by atoms with Crippen LogP contribution < -0.4 is 0 Å². The molecule has 17 heavy (non-hydrogen) atoms. The van der Waals surface area contributed by atoms with Crippen LogP contribution >= 0.6 is 0 Å². The normalized spacial score (nSPS) is 18.4. The molecule has 0 amide bonds. The van der Waals surface area contributed by atoms with Gasteiger partial charge in [-0.05, 0) is 32.1 Å². The third-order valence-electron chi connectivity index (χ3n) is 2.75. The Balaban J connectivity index is 2.42. The van der Waals surface area contributed by atoms with Gasteiger partial charge >= 0.3 is 0 Å². The fourth-order valence-corrected chi connectivity index (χ4v) is 2.20. The van der Waals surface area contributed by atoms with Gasteiger partial charge in [0.05, 0.1) is 19.8 Å². The van der Waals surface area contributed by atoms with E-state index in [1.54, 1.807) is 0 Å². The molecule has 0 aromatic heterocycles. The summed E-state index contributed by atoms with van der Waals surface area (Å²) in [5.74, 6) is 0. The van der Waals surface area contributed by atoms with Crippen molar-refractivity contribution < 1.29 is 9.16 Å². The molecule has 0 spiro atoms. The zero-order chi connectivity index (χ0) is 12.9. The van der Waals surface area contributed by atoms with Crippen molar-refractivity contribution in [1.82, 2.24) is 4.90 Å². The second-order valence-electron chi connectivity index (χ2n) is 5.36. The van der Waals surface area contributed by atoms with E-state index < -0.39 is 8.32 Å². The lowest BCUT2D eigenvalue weighted by Crippen LogP contribution is -2.35. The highest BCUT2D eigenvalue weighted by Crippen LogP contribution is 2.14. The number of rotatable bonds is 5. The molecule has 4 heteroatoms. The molecule has 1 saturated heterocycles. The van der Waals surface area contributed by atoms with Crippen molar-refractivity contribution in [2.24, 2.45) is 0 Å². The molecule has 3 nitrogen and oxygen atoms in total. The molecule has 1 fully saturated rings. The molecule has 1 heterocycles. The SMILES string of the molecule is C=C(/C(C)=C/CO[Si](C)(C)C)N1CCOCC1. The van der Waals surface area contributed by atoms with Gasteiger partial charge < -0.3 is 14.1 Å². The van der Waals surface area contributed by atoms with Gasteiger partial charge in [0.1, 0.15) is 0 Å². The fraction of sp³-hybridized carbons (Fsp3) is 0.692. The highest BCUT2D eigenvalue weighted by molar-refractivity contribution is 6.69. The molecule has 1 rings (SSSR count). The number of hydrogen-bond acceptors (Lipinski definition) is 3. The monoisotopic (exact) mass is 255 g/mol. The summed E-state index contributed by atoms with van der Waals surface area (Å²) < 4.78 is 11.1. The number of ether oxygens (including phenoxy) is 1. The maximum absolute atomic E-state index is 5.82. The average Bonchev–Trinajstić information content (AvgIpc) is 2.27. The van der Waals surface area contributed by atoms with Crippen molar-refractivity contribution in [1.29, 1.82) is 0 Å². The largest absolute Gasteiger partial charge is 0.414 e. The van der Waals surface area contributed by atoms with Crippen molar-refractivity contribution in [3.8, 4) is 0 Å². The molecular weight excluding hydrogens is 230 g/mol. The summed E-state index contributed by atoms with van der Waals surface area (Å²) in [6.45, 7) is 17.1. The van der Waals surface area contributed by atoms with Crippen molar-refractivity contribution in [3.63, 3.8) is 0 Å². The Morgan fingerprint density at radius 3 is 2.47 bits per heavy atom. The van der Waals surface area contributed by atoms with Crippen molar-refractivity contribution in [2.75, 3.05) is 32.9 Å². The third-order valence-corrected chi connectivity index (χ3v) is 3.79. The molecule has 0 aromatic rings. The molecule has 0 aromatic carbocycles. The van der Waals surface area contributed by atoms with Crippen LogP contribution in [0.4, 0.5) is 0 Å². The Hall–Kier alpha value is -0.583. The Labute approximate surface area is 106 Å². The van der Waals surface area contributed by atoms with E-state index in [1.807, 2.05) is 0 Å². The molecule has 1 aliphatic rings. The van der Waals surface area contributed by atoms with E-state index in [-0.39, 0.29) is 0 Å². The minimum Gasteiger partial charge on any atom is -0.414 e. The summed E-state index contributed by atoms with van der Waals surface area (Å²) in [6, 6.07) is 0. The summed E-state index contributed by atoms with van der Waals surface area (Å²) in [5, 5.41) is 0. The second-order valence-corrected chi connectivity index (χ2v) is 9.87. The molecule has 0 N–H and O–H groups in total. The molecular formula is C13H25NO2Si. The summed E-state index contributed by atoms with van der Waals surface area (Å²) in [6.07, 6.45) is 2.13. The van der Waals surface area contributed by atoms with Crippen LogP contribution in [0.3, 0.4) is 0 Å². The van der Waals surface area contributed by atoms with Crippen LogP contribution in [-0.2, 0) is 9.16 Å². The Morgan fingerprint density at radius 1 is 1.35 bits per heavy atom. The third kappa shape index (κ3) is 5.52. The summed E-state index contributed by atoms with van der Waals surface area (Å²) in [7, 11) is -1.41. The van der Waals surface area contributed by atoms with Gasteiger partial charge in [0.25, 0.3) is 0 Å². The lowest BCUT2D eigenvalue weighted by molar-refractivity contribution is 0.0549. The first kappa shape index (κ1) is 14.5. The maximum atomic E-state index is 5.82. The van der Waals surface area contributed by atoms with Gasteiger partial charge in [-0.2, -0.15) is 0 Å². The average molecular weight is 255 g/mol. The van der Waals surface area contributed by atoms with E-state index in [0.29, 0.717) is 6.61 Å². The Bertz CT molecular complexity index is 288. The van der Waals surface area contributed by atoms with Gasteiger partial charge in [-0.3, -0.25) is 0 Å². The van der Waals surface area contributed by atoms with Crippen LogP contribution in [0.15, 0.2) is 23.9 Å². The fourth-order valence-electron chi connectivity index (χ4n) is 1.62. The zero-order valence-corrected chi connectivity index (χ0v) is 12.6. The van der Waals surface area contributed by atoms with Gasteiger partial charge in [-0.25, -0.2) is 0 Å². The first-order valence-electron chi connectivity index (χ1n) is 6.23. The van der Waals surface area contributed by atoms with E-state index >= 15 is 0 Å². The van der Waals surface area contributed by atoms with Crippen molar-refractivity contribution >= 4 is 8.32 Å². The highest BCUT2D eigenvalue weighted by atomic mass is 28.4. The topological polar surface area (TPSA) is 21.7 Å². The summed E-state index contributed by atoms with van der Waals surface area (Å²) >= 11 is 0. The Kier molecular flexibility index (Phi) is 5.43. The quantitative estimate of drug-likeness (QED) is 0.557. The number of hydrogen-bond donors (Lipinski definition) is 0. The molecule has 0 saturated carbocycles. The predicted molar refractivity (Wildman–Crippen MR) is 74.6 cm³/mol. The minimum absolute atomic E-state index is 0.699. The van der Waals surface area contributed by atoms with Gasteiger partial charge in [0.15, 0.2) is 8.32 Å². The Morgan fingerprint density at radius 2 is 1.94 bits per heavy atom. The second kappa shape index (κ2) is 6.38. The van der Waals surface area contributed by atoms with Crippen LogP contribution in [0.1, 0.15) is 6.92 Å². The highest BCUT2D eigenvalue weighted by Gasteiger charge is 2.14.